The first-order valence-corrected chi connectivity index (χ1v) is 11.2. The van der Waals surface area contributed by atoms with Crippen molar-refractivity contribution in [2.75, 3.05) is 42.7 Å². The van der Waals surface area contributed by atoms with Crippen LogP contribution in [0.5, 0.6) is 0 Å². The first-order chi connectivity index (χ1) is 13.0. The van der Waals surface area contributed by atoms with Crippen LogP contribution < -0.4 is 10.2 Å². The standard InChI is InChI=1S/C18H25N5O3S/c1-27(25,26)22-8-5-14(6-9-22)20-18-19-11-13-3-2-4-16(17(13)21-18)23-10-7-15(23)12-24/h2-4,11,14-15,24H,5-10,12H2,1H3,(H,19,20,21). The number of hydrogen-bond acceptors (Lipinski definition) is 7. The highest BCUT2D eigenvalue weighted by Gasteiger charge is 2.29. The van der Waals surface area contributed by atoms with Crippen LogP contribution >= 0.6 is 0 Å². The van der Waals surface area contributed by atoms with E-state index in [0.717, 1.165) is 42.4 Å². The van der Waals surface area contributed by atoms with Crippen molar-refractivity contribution in [2.24, 2.45) is 0 Å². The third-order valence-corrected chi connectivity index (χ3v) is 6.81. The summed E-state index contributed by atoms with van der Waals surface area (Å²) in [4.78, 5) is 11.3. The first kappa shape index (κ1) is 18.4. The van der Waals surface area contributed by atoms with Crippen molar-refractivity contribution in [2.45, 2.75) is 31.3 Å². The summed E-state index contributed by atoms with van der Waals surface area (Å²) in [5.41, 5.74) is 1.90. The molecule has 0 saturated carbocycles. The summed E-state index contributed by atoms with van der Waals surface area (Å²) in [5.74, 6) is 0.564. The van der Waals surface area contributed by atoms with Gasteiger partial charge in [0.2, 0.25) is 16.0 Å². The highest BCUT2D eigenvalue weighted by Crippen LogP contribution is 2.32. The predicted molar refractivity (Wildman–Crippen MR) is 105 cm³/mol. The number of fused-ring (bicyclic) bond motifs is 1. The average Bonchev–Trinajstić information content (AvgIpc) is 2.61. The van der Waals surface area contributed by atoms with Gasteiger partial charge in [-0.15, -0.1) is 0 Å². The maximum Gasteiger partial charge on any atom is 0.223 e. The Labute approximate surface area is 159 Å². The molecule has 27 heavy (non-hydrogen) atoms. The molecular formula is C18H25N5O3S. The number of aliphatic hydroxyl groups excluding tert-OH is 1. The molecule has 146 valence electrons. The van der Waals surface area contributed by atoms with E-state index in [9.17, 15) is 13.5 Å². The molecule has 1 atom stereocenters. The number of nitrogens with one attached hydrogen (secondary N) is 1. The van der Waals surface area contributed by atoms with Gasteiger partial charge in [0.1, 0.15) is 0 Å². The van der Waals surface area contributed by atoms with E-state index in [1.807, 2.05) is 24.4 Å². The molecule has 0 aliphatic carbocycles. The number of benzene rings is 1. The maximum absolute atomic E-state index is 11.6. The van der Waals surface area contributed by atoms with Gasteiger partial charge in [0.05, 0.1) is 30.1 Å². The summed E-state index contributed by atoms with van der Waals surface area (Å²) in [7, 11) is -3.12. The molecule has 0 bridgehead atoms. The molecule has 2 N–H and O–H groups in total. The highest BCUT2D eigenvalue weighted by atomic mass is 32.2. The van der Waals surface area contributed by atoms with Crippen LogP contribution in [0.1, 0.15) is 19.3 Å². The van der Waals surface area contributed by atoms with Gasteiger partial charge in [-0.05, 0) is 25.3 Å². The van der Waals surface area contributed by atoms with Crippen molar-refractivity contribution < 1.29 is 13.5 Å². The van der Waals surface area contributed by atoms with Crippen molar-refractivity contribution in [3.63, 3.8) is 0 Å². The topological polar surface area (TPSA) is 98.7 Å². The van der Waals surface area contributed by atoms with Crippen molar-refractivity contribution in [3.8, 4) is 0 Å². The molecular weight excluding hydrogens is 366 g/mol. The van der Waals surface area contributed by atoms with Crippen LogP contribution in [-0.4, -0.2) is 72.4 Å². The highest BCUT2D eigenvalue weighted by molar-refractivity contribution is 7.88. The van der Waals surface area contributed by atoms with Gasteiger partial charge >= 0.3 is 0 Å². The van der Waals surface area contributed by atoms with E-state index in [2.05, 4.69) is 15.2 Å². The van der Waals surface area contributed by atoms with Crippen LogP contribution in [-0.2, 0) is 10.0 Å². The van der Waals surface area contributed by atoms with E-state index in [0.29, 0.717) is 19.0 Å². The normalized spacial score (nSPS) is 22.0. The zero-order valence-electron chi connectivity index (χ0n) is 15.4. The van der Waals surface area contributed by atoms with Gasteiger partial charge in [0.25, 0.3) is 0 Å². The van der Waals surface area contributed by atoms with Gasteiger partial charge in [0, 0.05) is 37.3 Å². The van der Waals surface area contributed by atoms with Gasteiger partial charge < -0.3 is 15.3 Å². The number of nitrogens with zero attached hydrogens (tertiary/aromatic N) is 4. The lowest BCUT2D eigenvalue weighted by molar-refractivity contribution is 0.227. The predicted octanol–water partition coefficient (Wildman–Crippen LogP) is 1.04. The fraction of sp³-hybridized carbons (Fsp3) is 0.556. The fourth-order valence-electron chi connectivity index (χ4n) is 3.80. The molecule has 1 aromatic carbocycles. The largest absolute Gasteiger partial charge is 0.394 e. The molecule has 9 heteroatoms. The molecule has 0 spiro atoms. The summed E-state index contributed by atoms with van der Waals surface area (Å²) in [6, 6.07) is 6.32. The minimum Gasteiger partial charge on any atom is -0.394 e. The SMILES string of the molecule is CS(=O)(=O)N1CCC(Nc2ncc3cccc(N4CCC4CO)c3n2)CC1. The zero-order chi connectivity index (χ0) is 19.0. The van der Waals surface area contributed by atoms with Gasteiger partial charge in [-0.25, -0.2) is 22.7 Å². The minimum atomic E-state index is -3.12. The molecule has 4 rings (SSSR count). The van der Waals surface area contributed by atoms with Crippen LogP contribution in [0.3, 0.4) is 0 Å². The van der Waals surface area contributed by atoms with Crippen LogP contribution in [0.2, 0.25) is 0 Å². The van der Waals surface area contributed by atoms with Gasteiger partial charge in [-0.3, -0.25) is 0 Å². The Morgan fingerprint density at radius 2 is 2.00 bits per heavy atom. The summed E-state index contributed by atoms with van der Waals surface area (Å²) < 4.78 is 24.8. The Kier molecular flexibility index (Phi) is 4.92. The Balaban J connectivity index is 1.52. The number of anilines is 2. The lowest BCUT2D eigenvalue weighted by Gasteiger charge is -2.42. The maximum atomic E-state index is 11.6. The number of rotatable bonds is 5. The number of aromatic nitrogens is 2. The van der Waals surface area contributed by atoms with E-state index < -0.39 is 10.0 Å². The van der Waals surface area contributed by atoms with Crippen molar-refractivity contribution in [3.05, 3.63) is 24.4 Å². The molecule has 3 heterocycles. The number of piperidine rings is 1. The minimum absolute atomic E-state index is 0.144. The van der Waals surface area contributed by atoms with E-state index in [1.54, 1.807) is 0 Å². The van der Waals surface area contributed by atoms with E-state index in [-0.39, 0.29) is 18.7 Å². The van der Waals surface area contributed by atoms with Gasteiger partial charge in [-0.2, -0.15) is 0 Å². The van der Waals surface area contributed by atoms with Crippen LogP contribution in [0.4, 0.5) is 11.6 Å². The Bertz CT molecular complexity index is 926. The monoisotopic (exact) mass is 391 g/mol. The Hall–Kier alpha value is -1.97. The number of aliphatic hydroxyl groups is 1. The van der Waals surface area contributed by atoms with E-state index >= 15 is 0 Å². The third-order valence-electron chi connectivity index (χ3n) is 5.51. The van der Waals surface area contributed by atoms with Crippen molar-refractivity contribution in [1.82, 2.24) is 14.3 Å². The van der Waals surface area contributed by atoms with Gasteiger partial charge in [0.15, 0.2) is 0 Å². The van der Waals surface area contributed by atoms with E-state index in [4.69, 9.17) is 4.98 Å². The lowest BCUT2D eigenvalue weighted by Crippen LogP contribution is -2.50. The Morgan fingerprint density at radius 3 is 2.63 bits per heavy atom. The van der Waals surface area contributed by atoms with Crippen LogP contribution in [0, 0.1) is 0 Å². The fourth-order valence-corrected chi connectivity index (χ4v) is 4.68. The van der Waals surface area contributed by atoms with Crippen LogP contribution in [0.15, 0.2) is 24.4 Å². The van der Waals surface area contributed by atoms with E-state index in [1.165, 1.54) is 10.6 Å². The number of para-hydroxylation sites is 1. The zero-order valence-corrected chi connectivity index (χ0v) is 16.2. The summed E-state index contributed by atoms with van der Waals surface area (Å²) in [6.07, 6.45) is 5.52. The smallest absolute Gasteiger partial charge is 0.223 e. The second kappa shape index (κ2) is 7.21. The summed E-state index contributed by atoms with van der Waals surface area (Å²) >= 11 is 0. The molecule has 2 aliphatic heterocycles. The summed E-state index contributed by atoms with van der Waals surface area (Å²) in [6.45, 7) is 2.09. The average molecular weight is 391 g/mol. The molecule has 0 radical (unpaired) electrons. The first-order valence-electron chi connectivity index (χ1n) is 9.30. The molecule has 2 fully saturated rings. The quantitative estimate of drug-likeness (QED) is 0.786. The molecule has 1 aromatic heterocycles. The summed E-state index contributed by atoms with van der Waals surface area (Å²) in [5, 5.41) is 13.8. The molecule has 1 unspecified atom stereocenters. The molecule has 2 aliphatic rings. The molecule has 0 amide bonds. The molecule has 2 saturated heterocycles. The second-order valence-corrected chi connectivity index (χ2v) is 9.29. The Morgan fingerprint density at radius 1 is 1.22 bits per heavy atom. The van der Waals surface area contributed by atoms with Crippen molar-refractivity contribution in [1.29, 1.82) is 0 Å². The number of hydrogen-bond donors (Lipinski definition) is 2. The van der Waals surface area contributed by atoms with Crippen molar-refractivity contribution >= 4 is 32.6 Å². The van der Waals surface area contributed by atoms with Crippen LogP contribution in [0.25, 0.3) is 10.9 Å². The van der Waals surface area contributed by atoms with Gasteiger partial charge in [-0.1, -0.05) is 12.1 Å². The number of sulfonamides is 1. The lowest BCUT2D eigenvalue weighted by atomic mass is 10.0. The molecule has 8 nitrogen and oxygen atoms in total. The third kappa shape index (κ3) is 3.71. The second-order valence-electron chi connectivity index (χ2n) is 7.31. The molecule has 2 aromatic rings.